The van der Waals surface area contributed by atoms with E-state index in [1.54, 1.807) is 30.1 Å². The molecular weight excluding hydrogens is 405 g/mol. The third kappa shape index (κ3) is 5.54. The number of carbonyl (C=O) groups is 2. The number of carbonyl (C=O) groups excluding carboxylic acids is 2. The van der Waals surface area contributed by atoms with Crippen LogP contribution in [0.5, 0.6) is 0 Å². The Hall–Kier alpha value is -3.00. The molecule has 0 aliphatic heterocycles. The Balaban J connectivity index is 1.40. The van der Waals surface area contributed by atoms with Gasteiger partial charge in [-0.15, -0.1) is 11.3 Å². The van der Waals surface area contributed by atoms with E-state index in [0.717, 1.165) is 54.0 Å². The van der Waals surface area contributed by atoms with E-state index >= 15 is 0 Å². The summed E-state index contributed by atoms with van der Waals surface area (Å²) in [6.45, 7) is 0.641. The number of ether oxygens (including phenoxy) is 1. The van der Waals surface area contributed by atoms with Crippen LogP contribution in [0.15, 0.2) is 42.5 Å². The van der Waals surface area contributed by atoms with E-state index in [2.05, 4.69) is 14.9 Å². The normalized spacial score (nSPS) is 10.8. The Morgan fingerprint density at radius 1 is 1.13 bits per heavy atom. The maximum Gasteiger partial charge on any atom is 0.348 e. The number of nitrogens with zero attached hydrogens (tertiary/aromatic N) is 2. The Morgan fingerprint density at radius 3 is 2.70 bits per heavy atom. The number of H-pyrrole nitrogens is 1. The number of aromatic nitrogens is 2. The van der Waals surface area contributed by atoms with Crippen LogP contribution in [-0.4, -0.2) is 47.7 Å². The number of rotatable bonds is 9. The van der Waals surface area contributed by atoms with Crippen LogP contribution in [0.4, 0.5) is 4.39 Å². The number of methoxy groups -OCH3 is 1. The molecule has 158 valence electrons. The molecule has 0 spiro atoms. The summed E-state index contributed by atoms with van der Waals surface area (Å²) in [6.07, 6.45) is 3.64. The molecule has 8 heteroatoms. The molecule has 0 unspecified atom stereocenters. The lowest BCUT2D eigenvalue weighted by atomic mass is 10.1. The van der Waals surface area contributed by atoms with Crippen molar-refractivity contribution in [2.45, 2.75) is 25.7 Å². The molecule has 0 saturated heterocycles. The topological polar surface area (TPSA) is 75.3 Å². The summed E-state index contributed by atoms with van der Waals surface area (Å²) < 4.78 is 18.0. The highest BCUT2D eigenvalue weighted by Gasteiger charge is 2.17. The summed E-state index contributed by atoms with van der Waals surface area (Å²) in [5.74, 6) is -0.802. The number of benzene rings is 1. The average Bonchev–Trinajstić information content (AvgIpc) is 3.42. The van der Waals surface area contributed by atoms with Gasteiger partial charge in [-0.05, 0) is 49.6 Å². The summed E-state index contributed by atoms with van der Waals surface area (Å²) in [4.78, 5) is 26.6. The predicted octanol–water partition coefficient (Wildman–Crippen LogP) is 4.55. The van der Waals surface area contributed by atoms with E-state index in [4.69, 9.17) is 0 Å². The first-order valence-corrected chi connectivity index (χ1v) is 10.5. The maximum absolute atomic E-state index is 13.3. The standard InChI is InChI=1S/C22H24FN3O3S/c1-26(21(27)19-10-11-20(30-19)22(28)29-2)12-5-3-4-9-17-14-18(25-24-17)15-7-6-8-16(23)13-15/h6-8,10-11,13-14H,3-5,9,12H2,1-2H3,(H,24,25). The van der Waals surface area contributed by atoms with Crippen LogP contribution in [0.2, 0.25) is 0 Å². The fourth-order valence-electron chi connectivity index (χ4n) is 3.08. The summed E-state index contributed by atoms with van der Waals surface area (Å²) in [6, 6.07) is 11.6. The summed E-state index contributed by atoms with van der Waals surface area (Å²) in [5.41, 5.74) is 2.49. The molecule has 0 aliphatic rings. The van der Waals surface area contributed by atoms with Gasteiger partial charge in [0.2, 0.25) is 0 Å². The lowest BCUT2D eigenvalue weighted by molar-refractivity contribution is 0.0606. The van der Waals surface area contributed by atoms with Gasteiger partial charge < -0.3 is 9.64 Å². The summed E-state index contributed by atoms with van der Waals surface area (Å²) in [5, 5.41) is 7.26. The highest BCUT2D eigenvalue weighted by Crippen LogP contribution is 2.20. The number of aromatic amines is 1. The van der Waals surface area contributed by atoms with Crippen molar-refractivity contribution in [1.29, 1.82) is 0 Å². The Kier molecular flexibility index (Phi) is 7.35. The molecular formula is C22H24FN3O3S. The van der Waals surface area contributed by atoms with E-state index in [0.29, 0.717) is 16.3 Å². The Bertz CT molecular complexity index is 1010. The minimum Gasteiger partial charge on any atom is -0.465 e. The molecule has 3 aromatic rings. The highest BCUT2D eigenvalue weighted by atomic mass is 32.1. The zero-order chi connectivity index (χ0) is 21.5. The molecule has 2 aromatic heterocycles. The van der Waals surface area contributed by atoms with E-state index in [1.165, 1.54) is 19.2 Å². The molecule has 30 heavy (non-hydrogen) atoms. The van der Waals surface area contributed by atoms with Gasteiger partial charge in [0.25, 0.3) is 5.91 Å². The van der Waals surface area contributed by atoms with E-state index in [-0.39, 0.29) is 11.7 Å². The van der Waals surface area contributed by atoms with Gasteiger partial charge in [0.15, 0.2) is 0 Å². The van der Waals surface area contributed by atoms with Crippen molar-refractivity contribution in [3.8, 4) is 11.3 Å². The van der Waals surface area contributed by atoms with Gasteiger partial charge in [-0.1, -0.05) is 18.6 Å². The number of aryl methyl sites for hydroxylation is 1. The lowest BCUT2D eigenvalue weighted by Crippen LogP contribution is -2.27. The second-order valence-corrected chi connectivity index (χ2v) is 8.07. The van der Waals surface area contributed by atoms with Gasteiger partial charge in [-0.25, -0.2) is 9.18 Å². The highest BCUT2D eigenvalue weighted by molar-refractivity contribution is 7.15. The van der Waals surface area contributed by atoms with E-state index in [1.807, 2.05) is 12.1 Å². The predicted molar refractivity (Wildman–Crippen MR) is 114 cm³/mol. The smallest absolute Gasteiger partial charge is 0.348 e. The molecule has 3 rings (SSSR count). The van der Waals surface area contributed by atoms with Gasteiger partial charge in [0, 0.05) is 24.8 Å². The molecule has 1 aromatic carbocycles. The number of esters is 1. The Morgan fingerprint density at radius 2 is 1.93 bits per heavy atom. The largest absolute Gasteiger partial charge is 0.465 e. The van der Waals surface area contributed by atoms with E-state index < -0.39 is 5.97 Å². The number of amides is 1. The zero-order valence-electron chi connectivity index (χ0n) is 17.0. The van der Waals surface area contributed by atoms with Crippen LogP contribution in [-0.2, 0) is 11.2 Å². The fourth-order valence-corrected chi connectivity index (χ4v) is 4.00. The molecule has 0 atom stereocenters. The molecule has 6 nitrogen and oxygen atoms in total. The second kappa shape index (κ2) is 10.2. The average molecular weight is 430 g/mol. The number of thiophene rings is 1. The molecule has 0 saturated carbocycles. The quantitative estimate of drug-likeness (QED) is 0.400. The molecule has 0 bridgehead atoms. The van der Waals surface area contributed by atoms with Gasteiger partial charge in [0.1, 0.15) is 10.7 Å². The van der Waals surface area contributed by atoms with Crippen molar-refractivity contribution in [1.82, 2.24) is 15.1 Å². The summed E-state index contributed by atoms with van der Waals surface area (Å²) >= 11 is 1.14. The van der Waals surface area contributed by atoms with Crippen LogP contribution in [0.1, 0.15) is 44.3 Å². The number of unbranched alkanes of at least 4 members (excludes halogenated alkanes) is 2. The number of halogens is 1. The maximum atomic E-state index is 13.3. The minimum absolute atomic E-state index is 0.0940. The SMILES string of the molecule is COC(=O)c1ccc(C(=O)N(C)CCCCCc2cc(-c3cccc(F)c3)n[nH]2)s1. The first kappa shape index (κ1) is 21.7. The van der Waals surface area contributed by atoms with Crippen molar-refractivity contribution >= 4 is 23.2 Å². The van der Waals surface area contributed by atoms with Crippen LogP contribution in [0.3, 0.4) is 0 Å². The van der Waals surface area contributed by atoms with E-state index in [9.17, 15) is 14.0 Å². The van der Waals surface area contributed by atoms with Crippen LogP contribution >= 0.6 is 11.3 Å². The second-order valence-electron chi connectivity index (χ2n) is 6.98. The molecule has 1 amide bonds. The zero-order valence-corrected chi connectivity index (χ0v) is 17.8. The number of hydrogen-bond acceptors (Lipinski definition) is 5. The van der Waals surface area contributed by atoms with Crippen LogP contribution in [0.25, 0.3) is 11.3 Å². The third-order valence-corrected chi connectivity index (χ3v) is 5.79. The minimum atomic E-state index is -0.430. The molecule has 0 fully saturated rings. The number of nitrogens with one attached hydrogen (secondary N) is 1. The van der Waals surface area contributed by atoms with Crippen molar-refractivity contribution < 1.29 is 18.7 Å². The van der Waals surface area contributed by atoms with Gasteiger partial charge in [-0.2, -0.15) is 5.10 Å². The van der Waals surface area contributed by atoms with Crippen molar-refractivity contribution in [2.24, 2.45) is 0 Å². The molecule has 2 heterocycles. The van der Waals surface area contributed by atoms with Crippen molar-refractivity contribution in [3.63, 3.8) is 0 Å². The fraction of sp³-hybridized carbons (Fsp3) is 0.318. The molecule has 0 aliphatic carbocycles. The molecule has 0 radical (unpaired) electrons. The van der Waals surface area contributed by atoms with Crippen LogP contribution in [0, 0.1) is 5.82 Å². The monoisotopic (exact) mass is 429 g/mol. The van der Waals surface area contributed by atoms with Crippen LogP contribution < -0.4 is 0 Å². The summed E-state index contributed by atoms with van der Waals surface area (Å²) in [7, 11) is 3.08. The lowest BCUT2D eigenvalue weighted by Gasteiger charge is -2.15. The first-order valence-electron chi connectivity index (χ1n) is 9.72. The van der Waals surface area contributed by atoms with Gasteiger partial charge >= 0.3 is 5.97 Å². The van der Waals surface area contributed by atoms with Gasteiger partial charge in [0.05, 0.1) is 17.7 Å². The third-order valence-electron chi connectivity index (χ3n) is 4.74. The van der Waals surface area contributed by atoms with Gasteiger partial charge in [-0.3, -0.25) is 9.89 Å². The van der Waals surface area contributed by atoms with Crippen molar-refractivity contribution in [3.05, 3.63) is 63.7 Å². The first-order chi connectivity index (χ1) is 14.5. The Labute approximate surface area is 178 Å². The van der Waals surface area contributed by atoms with Crippen molar-refractivity contribution in [2.75, 3.05) is 20.7 Å². The number of hydrogen-bond donors (Lipinski definition) is 1. The molecule has 1 N–H and O–H groups in total.